The molecule has 2 aromatic carbocycles. The molecular formula is C21H22ClN3O5S. The van der Waals surface area contributed by atoms with Crippen LogP contribution in [0.1, 0.15) is 18.4 Å². The first kappa shape index (κ1) is 21.6. The maximum absolute atomic E-state index is 12.9. The molecule has 0 aliphatic carbocycles. The molecule has 4 rings (SSSR count). The van der Waals surface area contributed by atoms with Crippen molar-refractivity contribution in [1.82, 2.24) is 9.62 Å². The van der Waals surface area contributed by atoms with Gasteiger partial charge < -0.3 is 10.1 Å². The Morgan fingerprint density at radius 1 is 1.10 bits per heavy atom. The van der Waals surface area contributed by atoms with Crippen molar-refractivity contribution in [3.8, 4) is 5.75 Å². The van der Waals surface area contributed by atoms with Gasteiger partial charge >= 0.3 is 0 Å². The maximum Gasteiger partial charge on any atom is 0.265 e. The van der Waals surface area contributed by atoms with Crippen LogP contribution in [0.25, 0.3) is 0 Å². The van der Waals surface area contributed by atoms with E-state index in [-0.39, 0.29) is 36.2 Å². The van der Waals surface area contributed by atoms with Crippen LogP contribution in [-0.4, -0.2) is 50.8 Å². The Morgan fingerprint density at radius 3 is 2.52 bits per heavy atom. The van der Waals surface area contributed by atoms with Crippen LogP contribution >= 0.6 is 11.6 Å². The average Bonchev–Trinajstić information content (AvgIpc) is 3.31. The quantitative estimate of drug-likeness (QED) is 0.708. The van der Waals surface area contributed by atoms with E-state index in [2.05, 4.69) is 5.32 Å². The van der Waals surface area contributed by atoms with E-state index in [0.717, 1.165) is 18.4 Å². The molecule has 2 heterocycles. The lowest BCUT2D eigenvalue weighted by Crippen LogP contribution is -2.45. The number of nitrogens with zero attached hydrogens (tertiary/aromatic N) is 2. The normalized spacial score (nSPS) is 16.7. The minimum Gasteiger partial charge on any atom is -0.482 e. The average molecular weight is 464 g/mol. The van der Waals surface area contributed by atoms with E-state index in [4.69, 9.17) is 16.3 Å². The summed E-state index contributed by atoms with van der Waals surface area (Å²) in [5.41, 5.74) is 1.14. The number of fused-ring (bicyclic) bond motifs is 1. The number of rotatable bonds is 6. The molecule has 31 heavy (non-hydrogen) atoms. The summed E-state index contributed by atoms with van der Waals surface area (Å²) < 4.78 is 32.7. The van der Waals surface area contributed by atoms with Crippen molar-refractivity contribution in [2.24, 2.45) is 0 Å². The Bertz CT molecular complexity index is 1100. The van der Waals surface area contributed by atoms with Gasteiger partial charge in [0.05, 0.1) is 10.6 Å². The topological polar surface area (TPSA) is 96.0 Å². The zero-order valence-corrected chi connectivity index (χ0v) is 18.3. The van der Waals surface area contributed by atoms with Crippen molar-refractivity contribution in [3.05, 3.63) is 53.1 Å². The van der Waals surface area contributed by atoms with Gasteiger partial charge in [0.25, 0.3) is 5.91 Å². The van der Waals surface area contributed by atoms with Crippen molar-refractivity contribution in [3.63, 3.8) is 0 Å². The Morgan fingerprint density at radius 2 is 1.81 bits per heavy atom. The molecular weight excluding hydrogens is 442 g/mol. The van der Waals surface area contributed by atoms with E-state index >= 15 is 0 Å². The molecule has 1 saturated heterocycles. The Labute approximate surface area is 185 Å². The monoisotopic (exact) mass is 463 g/mol. The molecule has 1 N–H and O–H groups in total. The number of anilines is 1. The number of hydrogen-bond acceptors (Lipinski definition) is 5. The zero-order chi connectivity index (χ0) is 22.0. The van der Waals surface area contributed by atoms with Gasteiger partial charge in [0.15, 0.2) is 6.61 Å². The summed E-state index contributed by atoms with van der Waals surface area (Å²) in [5, 5.41) is 3.37. The molecule has 0 bridgehead atoms. The van der Waals surface area contributed by atoms with Crippen LogP contribution in [0, 0.1) is 0 Å². The maximum atomic E-state index is 12.9. The van der Waals surface area contributed by atoms with Crippen molar-refractivity contribution < 1.29 is 22.7 Å². The predicted octanol–water partition coefficient (Wildman–Crippen LogP) is 2.17. The SMILES string of the molecule is O=C(CN1C(=O)COc2ccc(S(=O)(=O)N3CCCC3)cc21)NCc1ccc(Cl)cc1. The van der Waals surface area contributed by atoms with Crippen LogP contribution < -0.4 is 15.0 Å². The van der Waals surface area contributed by atoms with E-state index in [1.165, 1.54) is 27.4 Å². The second-order valence-electron chi connectivity index (χ2n) is 7.41. The molecule has 164 valence electrons. The fraction of sp³-hybridized carbons (Fsp3) is 0.333. The molecule has 2 aliphatic rings. The summed E-state index contributed by atoms with van der Waals surface area (Å²) in [7, 11) is -3.66. The summed E-state index contributed by atoms with van der Waals surface area (Å²) >= 11 is 5.86. The molecule has 1 fully saturated rings. The number of hydrogen-bond donors (Lipinski definition) is 1. The number of carbonyl (C=O) groups excluding carboxylic acids is 2. The lowest BCUT2D eigenvalue weighted by Gasteiger charge is -2.29. The standard InChI is InChI=1S/C21H22ClN3O5S/c22-16-5-3-15(4-6-16)12-23-20(26)13-25-18-11-17(7-8-19(18)30-14-21(25)27)31(28,29)24-9-1-2-10-24/h3-8,11H,1-2,9-10,12-14H2,(H,23,26). The molecule has 0 saturated carbocycles. The summed E-state index contributed by atoms with van der Waals surface area (Å²) in [5.74, 6) is -0.417. The van der Waals surface area contributed by atoms with E-state index in [1.807, 2.05) is 0 Å². The molecule has 10 heteroatoms. The number of amides is 2. The fourth-order valence-corrected chi connectivity index (χ4v) is 5.26. The van der Waals surface area contributed by atoms with E-state index in [1.54, 1.807) is 24.3 Å². The van der Waals surface area contributed by atoms with Gasteiger partial charge in [0.1, 0.15) is 12.3 Å². The highest BCUT2D eigenvalue weighted by molar-refractivity contribution is 7.89. The molecule has 0 radical (unpaired) electrons. The summed E-state index contributed by atoms with van der Waals surface area (Å²) in [6.45, 7) is 0.786. The molecule has 2 aromatic rings. The number of sulfonamides is 1. The molecule has 2 amide bonds. The Hall–Kier alpha value is -2.62. The molecule has 0 spiro atoms. The van der Waals surface area contributed by atoms with Crippen LogP contribution in [0.2, 0.25) is 5.02 Å². The van der Waals surface area contributed by atoms with Gasteiger partial charge in [-0.05, 0) is 48.7 Å². The van der Waals surface area contributed by atoms with Crippen LogP contribution in [0.5, 0.6) is 5.75 Å². The smallest absolute Gasteiger partial charge is 0.265 e. The van der Waals surface area contributed by atoms with Crippen LogP contribution in [-0.2, 0) is 26.2 Å². The third-order valence-corrected chi connectivity index (χ3v) is 7.43. The Kier molecular flexibility index (Phi) is 6.17. The second kappa shape index (κ2) is 8.86. The molecule has 0 unspecified atom stereocenters. The van der Waals surface area contributed by atoms with Gasteiger partial charge in [-0.3, -0.25) is 14.5 Å². The van der Waals surface area contributed by atoms with Gasteiger partial charge in [0.2, 0.25) is 15.9 Å². The fourth-order valence-electron chi connectivity index (χ4n) is 3.60. The summed E-state index contributed by atoms with van der Waals surface area (Å²) in [6, 6.07) is 11.5. The van der Waals surface area contributed by atoms with Crippen LogP contribution in [0.3, 0.4) is 0 Å². The highest BCUT2D eigenvalue weighted by atomic mass is 35.5. The Balaban J connectivity index is 1.52. The third kappa shape index (κ3) is 4.68. The first-order valence-corrected chi connectivity index (χ1v) is 11.7. The molecule has 2 aliphatic heterocycles. The second-order valence-corrected chi connectivity index (χ2v) is 9.79. The molecule has 8 nitrogen and oxygen atoms in total. The van der Waals surface area contributed by atoms with Crippen molar-refractivity contribution in [2.45, 2.75) is 24.3 Å². The third-order valence-electron chi connectivity index (χ3n) is 5.28. The minimum atomic E-state index is -3.66. The van der Waals surface area contributed by atoms with Crippen LogP contribution in [0.15, 0.2) is 47.4 Å². The number of ether oxygens (including phenoxy) is 1. The lowest BCUT2D eigenvalue weighted by atomic mass is 10.2. The highest BCUT2D eigenvalue weighted by Gasteiger charge is 2.32. The minimum absolute atomic E-state index is 0.0815. The van der Waals surface area contributed by atoms with Crippen molar-refractivity contribution in [2.75, 3.05) is 31.1 Å². The van der Waals surface area contributed by atoms with Gasteiger partial charge in [-0.15, -0.1) is 0 Å². The van der Waals surface area contributed by atoms with Crippen molar-refractivity contribution in [1.29, 1.82) is 0 Å². The lowest BCUT2D eigenvalue weighted by molar-refractivity contribution is -0.125. The number of halogens is 1. The first-order valence-electron chi connectivity index (χ1n) is 9.93. The zero-order valence-electron chi connectivity index (χ0n) is 16.7. The molecule has 0 aromatic heterocycles. The van der Waals surface area contributed by atoms with E-state index in [0.29, 0.717) is 23.9 Å². The largest absolute Gasteiger partial charge is 0.482 e. The number of nitrogens with one attached hydrogen (secondary N) is 1. The highest BCUT2D eigenvalue weighted by Crippen LogP contribution is 2.35. The predicted molar refractivity (Wildman–Crippen MR) is 116 cm³/mol. The first-order chi connectivity index (χ1) is 14.8. The summed E-state index contributed by atoms with van der Waals surface area (Å²) in [6.07, 6.45) is 1.65. The van der Waals surface area contributed by atoms with Gasteiger partial charge in [0, 0.05) is 24.7 Å². The van der Waals surface area contributed by atoms with E-state index < -0.39 is 15.9 Å². The van der Waals surface area contributed by atoms with Crippen LogP contribution in [0.4, 0.5) is 5.69 Å². The number of benzene rings is 2. The van der Waals surface area contributed by atoms with Gasteiger partial charge in [-0.25, -0.2) is 8.42 Å². The molecule has 0 atom stereocenters. The summed E-state index contributed by atoms with van der Waals surface area (Å²) in [4.78, 5) is 26.3. The van der Waals surface area contributed by atoms with Crippen molar-refractivity contribution >= 4 is 39.1 Å². The number of carbonyl (C=O) groups is 2. The van der Waals surface area contributed by atoms with Gasteiger partial charge in [-0.1, -0.05) is 23.7 Å². The van der Waals surface area contributed by atoms with Gasteiger partial charge in [-0.2, -0.15) is 4.31 Å². The van der Waals surface area contributed by atoms with E-state index in [9.17, 15) is 18.0 Å².